The third kappa shape index (κ3) is 7.74. The van der Waals surface area contributed by atoms with E-state index in [-0.39, 0.29) is 11.8 Å². The van der Waals surface area contributed by atoms with E-state index in [1.54, 1.807) is 0 Å². The minimum absolute atomic E-state index is 0.219. The van der Waals surface area contributed by atoms with Crippen molar-refractivity contribution in [2.45, 2.75) is 57.8 Å². The van der Waals surface area contributed by atoms with Gasteiger partial charge in [0.1, 0.15) is 5.41 Å². The van der Waals surface area contributed by atoms with Crippen molar-refractivity contribution in [3.8, 4) is 0 Å². The van der Waals surface area contributed by atoms with Crippen LogP contribution in [-0.4, -0.2) is 23.6 Å². The van der Waals surface area contributed by atoms with Gasteiger partial charge in [-0.05, 0) is 25.7 Å². The van der Waals surface area contributed by atoms with E-state index < -0.39 is 17.2 Å². The Morgan fingerprint density at radius 2 is 1.04 bits per heavy atom. The Balaban J connectivity index is 0.000000488. The maximum Gasteiger partial charge on any atom is 0.249 e. The van der Waals surface area contributed by atoms with Crippen LogP contribution in [0.3, 0.4) is 0 Å². The Morgan fingerprint density at radius 3 is 1.35 bits per heavy atom. The van der Waals surface area contributed by atoms with Gasteiger partial charge in [-0.1, -0.05) is 19.3 Å². The van der Waals surface area contributed by atoms with E-state index in [1.165, 1.54) is 0 Å². The summed E-state index contributed by atoms with van der Waals surface area (Å²) in [6.45, 7) is 0. The summed E-state index contributed by atoms with van der Waals surface area (Å²) in [5.41, 5.74) is 7.02. The molecule has 0 saturated heterocycles. The topological polar surface area (TPSA) is 220 Å². The minimum Gasteiger partial charge on any atom is -0.294 e. The summed E-state index contributed by atoms with van der Waals surface area (Å²) >= 11 is 0. The second kappa shape index (κ2) is 13.0. The Bertz CT molecular complexity index is 444. The van der Waals surface area contributed by atoms with E-state index >= 15 is 0 Å². The molecule has 0 unspecified atom stereocenters. The molecule has 12 heteroatoms. The minimum atomic E-state index is -1.05. The molecule has 12 N–H and O–H groups in total. The molecule has 4 amide bonds. The van der Waals surface area contributed by atoms with Crippen molar-refractivity contribution in [2.75, 3.05) is 0 Å². The number of carbonyl (C=O) groups excluding carboxylic acids is 4. The number of nitrogens with one attached hydrogen (secondary N) is 4. The first-order valence-electron chi connectivity index (χ1n) is 8.39. The molecule has 26 heavy (non-hydrogen) atoms. The summed E-state index contributed by atoms with van der Waals surface area (Å²) in [6, 6.07) is 0. The molecule has 0 aliphatic heterocycles. The molecule has 1 rings (SSSR count). The van der Waals surface area contributed by atoms with Crippen LogP contribution in [0.2, 0.25) is 0 Å². The molecule has 12 nitrogen and oxygen atoms in total. The molecule has 0 spiro atoms. The molecular formula is C14H30N8O4. The van der Waals surface area contributed by atoms with Crippen molar-refractivity contribution in [3.63, 3.8) is 0 Å². The zero-order chi connectivity index (χ0) is 20.0. The molecule has 1 saturated carbocycles. The lowest BCUT2D eigenvalue weighted by atomic mass is 9.73. The van der Waals surface area contributed by atoms with Crippen molar-refractivity contribution in [1.29, 1.82) is 0 Å². The number of rotatable bonds is 7. The number of nitrogens with two attached hydrogens (primary N) is 4. The van der Waals surface area contributed by atoms with Gasteiger partial charge in [-0.2, -0.15) is 0 Å². The fraction of sp³-hybridized carbons (Fsp3) is 0.714. The van der Waals surface area contributed by atoms with Crippen LogP contribution < -0.4 is 45.1 Å². The molecule has 1 aliphatic rings. The average Bonchev–Trinajstić information content (AvgIpc) is 2.70. The number of hydrogen-bond donors (Lipinski definition) is 8. The average molecular weight is 374 g/mol. The summed E-state index contributed by atoms with van der Waals surface area (Å²) in [5.74, 6) is 18.5. The van der Waals surface area contributed by atoms with E-state index in [9.17, 15) is 19.2 Å². The normalized spacial score (nSPS) is 14.9. The lowest BCUT2D eigenvalue weighted by molar-refractivity contribution is -0.146. The fourth-order valence-corrected chi connectivity index (χ4v) is 2.70. The largest absolute Gasteiger partial charge is 0.294 e. The predicted octanol–water partition coefficient (Wildman–Crippen LogP) is -2.56. The van der Waals surface area contributed by atoms with Gasteiger partial charge < -0.3 is 0 Å². The van der Waals surface area contributed by atoms with E-state index in [0.717, 1.165) is 19.3 Å². The van der Waals surface area contributed by atoms with Gasteiger partial charge in [0.25, 0.3) is 0 Å². The molecule has 0 heterocycles. The van der Waals surface area contributed by atoms with Crippen LogP contribution in [0.5, 0.6) is 0 Å². The van der Waals surface area contributed by atoms with Gasteiger partial charge in [0, 0.05) is 12.8 Å². The first-order valence-corrected chi connectivity index (χ1v) is 8.39. The molecule has 0 aromatic heterocycles. The molecule has 1 aliphatic carbocycles. The van der Waals surface area contributed by atoms with Crippen LogP contribution in [0, 0.1) is 5.41 Å². The second-order valence-electron chi connectivity index (χ2n) is 5.93. The Hall–Kier alpha value is -2.28. The van der Waals surface area contributed by atoms with E-state index in [1.807, 2.05) is 21.7 Å². The zero-order valence-corrected chi connectivity index (χ0v) is 14.8. The van der Waals surface area contributed by atoms with E-state index in [0.29, 0.717) is 38.5 Å². The third-order valence-corrected chi connectivity index (χ3v) is 4.22. The van der Waals surface area contributed by atoms with Crippen molar-refractivity contribution >= 4 is 23.6 Å². The summed E-state index contributed by atoms with van der Waals surface area (Å²) in [5, 5.41) is 0. The lowest BCUT2D eigenvalue weighted by Crippen LogP contribution is -2.55. The molecule has 0 radical (unpaired) electrons. The summed E-state index contributed by atoms with van der Waals surface area (Å²) in [6.07, 6.45) is 5.72. The van der Waals surface area contributed by atoms with Gasteiger partial charge in [0.05, 0.1) is 0 Å². The van der Waals surface area contributed by atoms with Gasteiger partial charge in [0.15, 0.2) is 0 Å². The molecule has 0 bridgehead atoms. The highest BCUT2D eigenvalue weighted by molar-refractivity contribution is 6.04. The predicted molar refractivity (Wildman–Crippen MR) is 93.3 cm³/mol. The van der Waals surface area contributed by atoms with Crippen LogP contribution in [0.15, 0.2) is 0 Å². The standard InChI is InChI=1S/C8H16N4O2.C6H14N4O2/c9-11-6(13)8(7(14)12-10)4-2-1-3-5-8;7-9-5(11)3-1-2-4-6(12)10-8/h1-5,9-10H2,(H,11,13)(H,12,14);1-4,7-8H2,(H,9,11)(H,10,12). The van der Waals surface area contributed by atoms with Gasteiger partial charge in [0.2, 0.25) is 23.6 Å². The molecule has 0 atom stereocenters. The highest BCUT2D eigenvalue weighted by Gasteiger charge is 2.45. The van der Waals surface area contributed by atoms with Gasteiger partial charge in [-0.25, -0.2) is 23.4 Å². The molecule has 0 aromatic carbocycles. The quantitative estimate of drug-likeness (QED) is 0.0776. The fourth-order valence-electron chi connectivity index (χ4n) is 2.70. The molecule has 1 fully saturated rings. The monoisotopic (exact) mass is 374 g/mol. The summed E-state index contributed by atoms with van der Waals surface area (Å²) in [4.78, 5) is 44.2. The van der Waals surface area contributed by atoms with Crippen LogP contribution >= 0.6 is 0 Å². The Kier molecular flexibility index (Phi) is 11.9. The first-order chi connectivity index (χ1) is 12.4. The highest BCUT2D eigenvalue weighted by atomic mass is 16.2. The number of hydrazine groups is 4. The van der Waals surface area contributed by atoms with Gasteiger partial charge >= 0.3 is 0 Å². The zero-order valence-electron chi connectivity index (χ0n) is 14.8. The van der Waals surface area contributed by atoms with Gasteiger partial charge in [-0.3, -0.25) is 40.9 Å². The van der Waals surface area contributed by atoms with E-state index in [4.69, 9.17) is 23.4 Å². The van der Waals surface area contributed by atoms with Crippen molar-refractivity contribution in [3.05, 3.63) is 0 Å². The first kappa shape index (κ1) is 23.7. The smallest absolute Gasteiger partial charge is 0.249 e. The third-order valence-electron chi connectivity index (χ3n) is 4.22. The maximum atomic E-state index is 11.5. The number of hydrogen-bond acceptors (Lipinski definition) is 8. The second-order valence-corrected chi connectivity index (χ2v) is 5.93. The lowest BCUT2D eigenvalue weighted by Gasteiger charge is -2.32. The van der Waals surface area contributed by atoms with E-state index in [2.05, 4.69) is 0 Å². The number of unbranched alkanes of at least 4 members (excludes halogenated alkanes) is 1. The maximum absolute atomic E-state index is 11.5. The molecule has 0 aromatic rings. The van der Waals surface area contributed by atoms with Crippen LogP contribution in [-0.2, 0) is 19.2 Å². The van der Waals surface area contributed by atoms with Crippen molar-refractivity contribution in [2.24, 2.45) is 28.8 Å². The van der Waals surface area contributed by atoms with Crippen LogP contribution in [0.4, 0.5) is 0 Å². The van der Waals surface area contributed by atoms with Gasteiger partial charge in [-0.15, -0.1) is 0 Å². The molecule has 150 valence electrons. The van der Waals surface area contributed by atoms with Crippen molar-refractivity contribution < 1.29 is 19.2 Å². The Labute approximate surface area is 152 Å². The SMILES string of the molecule is NNC(=O)C1(C(=O)NN)CCCCC1.NNC(=O)CCCCC(=O)NN. The molecular weight excluding hydrogens is 344 g/mol. The summed E-state index contributed by atoms with van der Waals surface area (Å²) < 4.78 is 0. The Morgan fingerprint density at radius 1 is 0.654 bits per heavy atom. The highest BCUT2D eigenvalue weighted by Crippen LogP contribution is 2.36. The van der Waals surface area contributed by atoms with Crippen molar-refractivity contribution in [1.82, 2.24) is 21.7 Å². The summed E-state index contributed by atoms with van der Waals surface area (Å²) in [7, 11) is 0. The van der Waals surface area contributed by atoms with Crippen LogP contribution in [0.1, 0.15) is 57.8 Å². The van der Waals surface area contributed by atoms with Crippen LogP contribution in [0.25, 0.3) is 0 Å². The number of amides is 4. The number of carbonyl (C=O) groups is 4.